The van der Waals surface area contributed by atoms with Gasteiger partial charge in [-0.1, -0.05) is 12.1 Å². The fourth-order valence-corrected chi connectivity index (χ4v) is 5.22. The van der Waals surface area contributed by atoms with Crippen LogP contribution in [-0.4, -0.2) is 46.5 Å². The van der Waals surface area contributed by atoms with Gasteiger partial charge in [0.15, 0.2) is 0 Å². The highest BCUT2D eigenvalue weighted by Crippen LogP contribution is 2.45. The number of β-amino-alcohol motifs (C(OH)–C–C–N with tert-alkyl or cyclic N) is 1. The molecule has 0 atom stereocenters. The molecule has 3 rings (SSSR count). The number of anilines is 1. The van der Waals surface area contributed by atoms with Crippen molar-refractivity contribution in [3.63, 3.8) is 0 Å². The lowest BCUT2D eigenvalue weighted by molar-refractivity contribution is -0.137. The molecule has 1 aromatic rings. The lowest BCUT2D eigenvalue weighted by Crippen LogP contribution is -2.34. The van der Waals surface area contributed by atoms with Gasteiger partial charge < -0.3 is 10.4 Å². The largest absolute Gasteiger partial charge is 0.395 e. The number of nitrogens with zero attached hydrogens (tertiary/aromatic N) is 1. The van der Waals surface area contributed by atoms with Gasteiger partial charge in [-0.25, -0.2) is 0 Å². The van der Waals surface area contributed by atoms with Gasteiger partial charge in [0, 0.05) is 23.3 Å². The van der Waals surface area contributed by atoms with Crippen molar-refractivity contribution in [1.82, 2.24) is 4.90 Å². The highest BCUT2D eigenvalue weighted by atomic mass is 32.2. The van der Waals surface area contributed by atoms with Gasteiger partial charge in [-0.05, 0) is 17.7 Å². The lowest BCUT2D eigenvalue weighted by atomic mass is 10.2. The van der Waals surface area contributed by atoms with Gasteiger partial charge in [-0.3, -0.25) is 14.5 Å². The van der Waals surface area contributed by atoms with E-state index in [1.807, 2.05) is 41.7 Å². The summed E-state index contributed by atoms with van der Waals surface area (Å²) < 4.78 is 0.433. The highest BCUT2D eigenvalue weighted by Gasteiger charge is 2.30. The van der Waals surface area contributed by atoms with Gasteiger partial charge in [0.25, 0.3) is 11.8 Å². The van der Waals surface area contributed by atoms with Gasteiger partial charge in [-0.2, -0.15) is 0 Å². The molecular formula is C15H16N2O3S2. The summed E-state index contributed by atoms with van der Waals surface area (Å²) in [7, 11) is 0. The average molecular weight is 336 g/mol. The van der Waals surface area contributed by atoms with Gasteiger partial charge in [0.2, 0.25) is 0 Å². The molecule has 5 nitrogen and oxygen atoms in total. The molecule has 2 heterocycles. The number of hydrogen-bond acceptors (Lipinski definition) is 6. The van der Waals surface area contributed by atoms with Crippen molar-refractivity contribution < 1.29 is 14.7 Å². The van der Waals surface area contributed by atoms with E-state index in [0.717, 1.165) is 22.1 Å². The van der Waals surface area contributed by atoms with E-state index in [9.17, 15) is 9.59 Å². The molecule has 1 saturated heterocycles. The van der Waals surface area contributed by atoms with Crippen LogP contribution < -0.4 is 5.32 Å². The molecular weight excluding hydrogens is 320 g/mol. The molecule has 1 fully saturated rings. The van der Waals surface area contributed by atoms with Crippen LogP contribution in [-0.2, 0) is 9.59 Å². The lowest BCUT2D eigenvalue weighted by Gasteiger charge is -2.14. The minimum Gasteiger partial charge on any atom is -0.395 e. The van der Waals surface area contributed by atoms with Crippen molar-refractivity contribution in [2.24, 2.45) is 0 Å². The zero-order valence-corrected chi connectivity index (χ0v) is 13.5. The first-order valence-corrected chi connectivity index (χ1v) is 9.07. The Bertz CT molecular complexity index is 627. The number of benzene rings is 1. The monoisotopic (exact) mass is 336 g/mol. The maximum absolute atomic E-state index is 12.1. The average Bonchev–Trinajstić information content (AvgIpc) is 3.13. The molecule has 0 aliphatic carbocycles. The normalized spacial score (nSPS) is 19.0. The maximum atomic E-state index is 12.1. The third-order valence-electron chi connectivity index (χ3n) is 3.39. The molecule has 2 aliphatic rings. The van der Waals surface area contributed by atoms with Crippen molar-refractivity contribution in [1.29, 1.82) is 0 Å². The smallest absolute Gasteiger partial charge is 0.277 e. The molecule has 2 aliphatic heterocycles. The minimum absolute atomic E-state index is 0.0226. The second kappa shape index (κ2) is 6.76. The van der Waals surface area contributed by atoms with E-state index in [-0.39, 0.29) is 24.8 Å². The van der Waals surface area contributed by atoms with Crippen LogP contribution in [0.25, 0.3) is 0 Å². The van der Waals surface area contributed by atoms with Crippen LogP contribution in [0.1, 0.15) is 10.1 Å². The van der Waals surface area contributed by atoms with Crippen molar-refractivity contribution in [2.45, 2.75) is 4.58 Å². The Labute approximate surface area is 137 Å². The summed E-state index contributed by atoms with van der Waals surface area (Å²) in [5.74, 6) is 1.52. The van der Waals surface area contributed by atoms with Crippen LogP contribution in [0.5, 0.6) is 0 Å². The number of carbonyl (C=O) groups excluding carboxylic acids is 2. The van der Waals surface area contributed by atoms with Crippen LogP contribution in [0.2, 0.25) is 0 Å². The van der Waals surface area contributed by atoms with Crippen LogP contribution >= 0.6 is 23.5 Å². The van der Waals surface area contributed by atoms with E-state index in [0.29, 0.717) is 4.58 Å². The predicted octanol–water partition coefficient (Wildman–Crippen LogP) is 1.82. The molecule has 1 aromatic carbocycles. The summed E-state index contributed by atoms with van der Waals surface area (Å²) in [5, 5.41) is 11.9. The molecule has 0 saturated carbocycles. The Balaban J connectivity index is 1.73. The summed E-state index contributed by atoms with van der Waals surface area (Å²) >= 11 is 3.84. The molecule has 0 aromatic heterocycles. The number of amides is 2. The fraction of sp³-hybridized carbons (Fsp3) is 0.333. The number of aliphatic hydroxyl groups excluding tert-OH is 1. The van der Waals surface area contributed by atoms with Crippen molar-refractivity contribution >= 4 is 41.0 Å². The number of imide groups is 1. The van der Waals surface area contributed by atoms with Crippen molar-refractivity contribution in [3.05, 3.63) is 41.6 Å². The van der Waals surface area contributed by atoms with E-state index in [1.165, 1.54) is 11.6 Å². The van der Waals surface area contributed by atoms with Crippen LogP contribution in [0.3, 0.4) is 0 Å². The van der Waals surface area contributed by atoms with Crippen LogP contribution in [0, 0.1) is 0 Å². The second-order valence-electron chi connectivity index (χ2n) is 4.90. The molecule has 22 heavy (non-hydrogen) atoms. The maximum Gasteiger partial charge on any atom is 0.277 e. The number of rotatable bonds is 5. The summed E-state index contributed by atoms with van der Waals surface area (Å²) in [6.07, 6.45) is 1.28. The van der Waals surface area contributed by atoms with E-state index >= 15 is 0 Å². The Hall–Kier alpha value is -1.44. The molecule has 116 valence electrons. The summed E-state index contributed by atoms with van der Waals surface area (Å²) in [4.78, 5) is 24.9. The zero-order chi connectivity index (χ0) is 15.5. The summed E-state index contributed by atoms with van der Waals surface area (Å²) in [5.41, 5.74) is 2.26. The van der Waals surface area contributed by atoms with E-state index in [2.05, 4.69) is 11.4 Å². The quantitative estimate of drug-likeness (QED) is 0.800. The molecule has 0 radical (unpaired) electrons. The third-order valence-corrected chi connectivity index (χ3v) is 6.50. The number of nitrogens with one attached hydrogen (secondary N) is 1. The van der Waals surface area contributed by atoms with Crippen LogP contribution in [0.15, 0.2) is 36.0 Å². The Morgan fingerprint density at radius 3 is 2.77 bits per heavy atom. The number of hydrogen-bond donors (Lipinski definition) is 2. The van der Waals surface area contributed by atoms with Crippen molar-refractivity contribution in [2.75, 3.05) is 30.0 Å². The van der Waals surface area contributed by atoms with E-state index in [1.54, 1.807) is 0 Å². The van der Waals surface area contributed by atoms with Crippen molar-refractivity contribution in [3.8, 4) is 0 Å². The Morgan fingerprint density at radius 2 is 2.05 bits per heavy atom. The SMILES string of the molecule is O=C1C=C(Nc2cccc(C3SCCS3)c2)C(=O)N1CCO. The molecule has 7 heteroatoms. The minimum atomic E-state index is -0.394. The first-order valence-electron chi connectivity index (χ1n) is 6.97. The molecule has 0 unspecified atom stereocenters. The van der Waals surface area contributed by atoms with Gasteiger partial charge in [0.05, 0.1) is 17.7 Å². The standard InChI is InChI=1S/C15H16N2O3S2/c18-5-4-17-13(19)9-12(14(17)20)16-11-3-1-2-10(8-11)15-21-6-7-22-15/h1-3,8-9,15-16,18H,4-7H2. The van der Waals surface area contributed by atoms with Gasteiger partial charge in [-0.15, -0.1) is 23.5 Å². The van der Waals surface area contributed by atoms with Crippen LogP contribution in [0.4, 0.5) is 5.69 Å². The second-order valence-corrected chi connectivity index (χ2v) is 7.62. The summed E-state index contributed by atoms with van der Waals surface area (Å²) in [6.45, 7) is -0.209. The van der Waals surface area contributed by atoms with Gasteiger partial charge in [0.1, 0.15) is 5.70 Å². The number of aliphatic hydroxyl groups is 1. The fourth-order valence-electron chi connectivity index (χ4n) is 2.38. The highest BCUT2D eigenvalue weighted by molar-refractivity contribution is 8.19. The molecule has 0 spiro atoms. The Morgan fingerprint density at radius 1 is 1.27 bits per heavy atom. The third kappa shape index (κ3) is 3.16. The molecule has 2 N–H and O–H groups in total. The molecule has 2 amide bonds. The predicted molar refractivity (Wildman–Crippen MR) is 89.6 cm³/mol. The van der Waals surface area contributed by atoms with Gasteiger partial charge >= 0.3 is 0 Å². The number of thioether (sulfide) groups is 2. The number of carbonyl (C=O) groups is 2. The Kier molecular flexibility index (Phi) is 4.75. The van der Waals surface area contributed by atoms with E-state index in [4.69, 9.17) is 5.11 Å². The topological polar surface area (TPSA) is 69.6 Å². The molecule has 0 bridgehead atoms. The zero-order valence-electron chi connectivity index (χ0n) is 11.8. The van der Waals surface area contributed by atoms with E-state index < -0.39 is 5.91 Å². The summed E-state index contributed by atoms with van der Waals surface area (Å²) in [6, 6.07) is 7.92. The first kappa shape index (κ1) is 15.5. The first-order chi connectivity index (χ1) is 10.7.